The van der Waals surface area contributed by atoms with Crippen LogP contribution in [0.25, 0.3) is 0 Å². The van der Waals surface area contributed by atoms with E-state index in [0.717, 1.165) is 16.9 Å². The maximum Gasteiger partial charge on any atom is 0.125 e. The smallest absolute Gasteiger partial charge is 0.125 e. The second kappa shape index (κ2) is 8.34. The Labute approximate surface area is 126 Å². The minimum Gasteiger partial charge on any atom is -0.490 e. The molecule has 0 bridgehead atoms. The van der Waals surface area contributed by atoms with Gasteiger partial charge in [0.1, 0.15) is 18.5 Å². The molecule has 21 heavy (non-hydrogen) atoms. The van der Waals surface area contributed by atoms with Crippen LogP contribution in [-0.4, -0.2) is 56.8 Å². The Morgan fingerprint density at radius 1 is 1.33 bits per heavy atom. The summed E-state index contributed by atoms with van der Waals surface area (Å²) in [5.74, 6) is 0.862. The minimum absolute atomic E-state index is 0.0745. The highest BCUT2D eigenvalue weighted by molar-refractivity contribution is 5.39. The lowest BCUT2D eigenvalue weighted by molar-refractivity contribution is -0.0869. The van der Waals surface area contributed by atoms with Gasteiger partial charge in [0.2, 0.25) is 0 Å². The SMILES string of the molecule is Cc1cccc(C)c1OCC(O)CNCC1COCCO1. The third kappa shape index (κ3) is 5.28. The summed E-state index contributed by atoms with van der Waals surface area (Å²) in [5, 5.41) is 13.1. The molecule has 0 radical (unpaired) electrons. The molecular formula is C16H25NO4. The number of ether oxygens (including phenoxy) is 3. The first kappa shape index (κ1) is 16.2. The van der Waals surface area contributed by atoms with Gasteiger partial charge in [-0.05, 0) is 25.0 Å². The largest absolute Gasteiger partial charge is 0.490 e. The number of para-hydroxylation sites is 1. The van der Waals surface area contributed by atoms with E-state index in [-0.39, 0.29) is 12.7 Å². The number of aryl methyl sites for hydroxylation is 2. The van der Waals surface area contributed by atoms with Crippen LogP contribution in [0.15, 0.2) is 18.2 Å². The number of aliphatic hydroxyl groups excluding tert-OH is 1. The first-order valence-corrected chi connectivity index (χ1v) is 7.44. The highest BCUT2D eigenvalue weighted by atomic mass is 16.6. The predicted molar refractivity (Wildman–Crippen MR) is 80.8 cm³/mol. The normalized spacial score (nSPS) is 20.2. The summed E-state index contributed by atoms with van der Waals surface area (Å²) >= 11 is 0. The number of nitrogens with one attached hydrogen (secondary N) is 1. The summed E-state index contributed by atoms with van der Waals surface area (Å²) in [4.78, 5) is 0. The predicted octanol–water partition coefficient (Wildman–Crippen LogP) is 1.05. The summed E-state index contributed by atoms with van der Waals surface area (Å²) in [7, 11) is 0. The highest BCUT2D eigenvalue weighted by Crippen LogP contribution is 2.22. The Balaban J connectivity index is 1.66. The third-order valence-electron chi connectivity index (χ3n) is 3.47. The number of hydrogen-bond acceptors (Lipinski definition) is 5. The van der Waals surface area contributed by atoms with Crippen LogP contribution in [0.4, 0.5) is 0 Å². The molecule has 1 fully saturated rings. The number of benzene rings is 1. The second-order valence-corrected chi connectivity index (χ2v) is 5.41. The van der Waals surface area contributed by atoms with E-state index in [9.17, 15) is 5.11 Å². The molecule has 2 atom stereocenters. The van der Waals surface area contributed by atoms with E-state index < -0.39 is 6.10 Å². The lowest BCUT2D eigenvalue weighted by atomic mass is 10.1. The van der Waals surface area contributed by atoms with Gasteiger partial charge in [-0.2, -0.15) is 0 Å². The molecule has 1 aliphatic heterocycles. The van der Waals surface area contributed by atoms with Crippen LogP contribution in [0.2, 0.25) is 0 Å². The van der Waals surface area contributed by atoms with Crippen molar-refractivity contribution in [1.82, 2.24) is 5.32 Å². The van der Waals surface area contributed by atoms with Gasteiger partial charge < -0.3 is 24.6 Å². The maximum absolute atomic E-state index is 9.96. The topological polar surface area (TPSA) is 60.0 Å². The number of hydrogen-bond donors (Lipinski definition) is 2. The molecule has 5 heteroatoms. The highest BCUT2D eigenvalue weighted by Gasteiger charge is 2.14. The molecule has 1 aliphatic rings. The Morgan fingerprint density at radius 3 is 2.76 bits per heavy atom. The van der Waals surface area contributed by atoms with Gasteiger partial charge in [-0.25, -0.2) is 0 Å². The summed E-state index contributed by atoms with van der Waals surface area (Å²) in [6.45, 7) is 7.38. The van der Waals surface area contributed by atoms with Crippen molar-refractivity contribution in [3.63, 3.8) is 0 Å². The van der Waals surface area contributed by atoms with Crippen molar-refractivity contribution < 1.29 is 19.3 Å². The molecule has 0 amide bonds. The Morgan fingerprint density at radius 2 is 2.10 bits per heavy atom. The molecule has 1 saturated heterocycles. The quantitative estimate of drug-likeness (QED) is 0.787. The second-order valence-electron chi connectivity index (χ2n) is 5.41. The molecule has 0 spiro atoms. The standard InChI is InChI=1S/C16H25NO4/c1-12-4-3-5-13(2)16(12)21-10-14(18)8-17-9-15-11-19-6-7-20-15/h3-5,14-15,17-18H,6-11H2,1-2H3. The average Bonchev–Trinajstić information content (AvgIpc) is 2.48. The van der Waals surface area contributed by atoms with Crippen molar-refractivity contribution in [2.45, 2.75) is 26.1 Å². The molecule has 1 aromatic rings. The Bertz CT molecular complexity index is 412. The van der Waals surface area contributed by atoms with Gasteiger partial charge in [0.25, 0.3) is 0 Å². The van der Waals surface area contributed by atoms with E-state index in [1.807, 2.05) is 32.0 Å². The zero-order chi connectivity index (χ0) is 15.1. The number of aliphatic hydroxyl groups is 1. The zero-order valence-electron chi connectivity index (χ0n) is 12.8. The molecule has 0 aromatic heterocycles. The lowest BCUT2D eigenvalue weighted by Gasteiger charge is -2.23. The van der Waals surface area contributed by atoms with Gasteiger partial charge in [0, 0.05) is 13.1 Å². The van der Waals surface area contributed by atoms with Gasteiger partial charge in [-0.3, -0.25) is 0 Å². The van der Waals surface area contributed by atoms with Crippen LogP contribution in [0.1, 0.15) is 11.1 Å². The van der Waals surface area contributed by atoms with E-state index in [1.54, 1.807) is 0 Å². The van der Waals surface area contributed by atoms with Crippen LogP contribution in [-0.2, 0) is 9.47 Å². The summed E-state index contributed by atoms with van der Waals surface area (Å²) < 4.78 is 16.6. The summed E-state index contributed by atoms with van der Waals surface area (Å²) in [5.41, 5.74) is 2.17. The first-order valence-electron chi connectivity index (χ1n) is 7.44. The van der Waals surface area contributed by atoms with Crippen LogP contribution >= 0.6 is 0 Å². The monoisotopic (exact) mass is 295 g/mol. The van der Waals surface area contributed by atoms with Crippen LogP contribution < -0.4 is 10.1 Å². The molecule has 1 heterocycles. The minimum atomic E-state index is -0.548. The van der Waals surface area contributed by atoms with Gasteiger partial charge in [0.05, 0.1) is 25.9 Å². The summed E-state index contributed by atoms with van der Waals surface area (Å²) in [6.07, 6.45) is -0.473. The van der Waals surface area contributed by atoms with Crippen LogP contribution in [0.5, 0.6) is 5.75 Å². The molecule has 0 saturated carbocycles. The fourth-order valence-corrected chi connectivity index (χ4v) is 2.33. The van der Waals surface area contributed by atoms with E-state index in [2.05, 4.69) is 5.32 Å². The molecule has 118 valence electrons. The fraction of sp³-hybridized carbons (Fsp3) is 0.625. The molecule has 1 aromatic carbocycles. The van der Waals surface area contributed by atoms with E-state index in [4.69, 9.17) is 14.2 Å². The summed E-state index contributed by atoms with van der Waals surface area (Å²) in [6, 6.07) is 6.02. The van der Waals surface area contributed by atoms with Gasteiger partial charge in [-0.1, -0.05) is 18.2 Å². The van der Waals surface area contributed by atoms with Crippen LogP contribution in [0, 0.1) is 13.8 Å². The first-order chi connectivity index (χ1) is 10.2. The number of rotatable bonds is 7. The third-order valence-corrected chi connectivity index (χ3v) is 3.47. The van der Waals surface area contributed by atoms with Gasteiger partial charge in [0.15, 0.2) is 0 Å². The van der Waals surface area contributed by atoms with Gasteiger partial charge >= 0.3 is 0 Å². The zero-order valence-corrected chi connectivity index (χ0v) is 12.8. The van der Waals surface area contributed by atoms with Crippen molar-refractivity contribution in [2.75, 3.05) is 39.5 Å². The molecule has 2 unspecified atom stereocenters. The average molecular weight is 295 g/mol. The molecule has 5 nitrogen and oxygen atoms in total. The lowest BCUT2D eigenvalue weighted by Crippen LogP contribution is -2.41. The molecular weight excluding hydrogens is 270 g/mol. The molecule has 0 aliphatic carbocycles. The van der Waals surface area contributed by atoms with E-state index in [1.165, 1.54) is 0 Å². The van der Waals surface area contributed by atoms with Crippen molar-refractivity contribution in [3.8, 4) is 5.75 Å². The van der Waals surface area contributed by atoms with E-state index >= 15 is 0 Å². The Kier molecular flexibility index (Phi) is 6.45. The van der Waals surface area contributed by atoms with Crippen molar-refractivity contribution in [3.05, 3.63) is 29.3 Å². The molecule has 2 N–H and O–H groups in total. The Hall–Kier alpha value is -1.14. The van der Waals surface area contributed by atoms with Crippen molar-refractivity contribution in [1.29, 1.82) is 0 Å². The van der Waals surface area contributed by atoms with Crippen LogP contribution in [0.3, 0.4) is 0 Å². The fourth-order valence-electron chi connectivity index (χ4n) is 2.33. The van der Waals surface area contributed by atoms with E-state index in [0.29, 0.717) is 32.9 Å². The van der Waals surface area contributed by atoms with Gasteiger partial charge in [-0.15, -0.1) is 0 Å². The molecule has 2 rings (SSSR count). The van der Waals surface area contributed by atoms with Crippen molar-refractivity contribution >= 4 is 0 Å². The van der Waals surface area contributed by atoms with Crippen molar-refractivity contribution in [2.24, 2.45) is 0 Å². The maximum atomic E-state index is 9.96.